The molecule has 0 aliphatic carbocycles. The van der Waals surface area contributed by atoms with Gasteiger partial charge in [0.25, 0.3) is 0 Å². The Morgan fingerprint density at radius 3 is 2.56 bits per heavy atom. The highest BCUT2D eigenvalue weighted by molar-refractivity contribution is 7.11. The third kappa shape index (κ3) is 2.59. The van der Waals surface area contributed by atoms with E-state index in [1.165, 1.54) is 6.07 Å². The fraction of sp³-hybridized carbons (Fsp3) is 0.167. The molecular formula is C12H12FNOS. The Labute approximate surface area is 97.5 Å². The number of ether oxygens (including phenoxy) is 1. The van der Waals surface area contributed by atoms with Crippen molar-refractivity contribution in [3.63, 3.8) is 0 Å². The Kier molecular flexibility index (Phi) is 3.54. The second-order valence-corrected chi connectivity index (χ2v) is 4.54. The molecule has 16 heavy (non-hydrogen) atoms. The van der Waals surface area contributed by atoms with Crippen molar-refractivity contribution in [2.24, 2.45) is 5.73 Å². The van der Waals surface area contributed by atoms with Crippen LogP contribution in [-0.2, 0) is 13.2 Å². The van der Waals surface area contributed by atoms with E-state index in [4.69, 9.17) is 10.5 Å². The summed E-state index contributed by atoms with van der Waals surface area (Å²) < 4.78 is 18.6. The van der Waals surface area contributed by atoms with Crippen LogP contribution < -0.4 is 10.5 Å². The maximum Gasteiger partial charge on any atom is 0.165 e. The Morgan fingerprint density at radius 2 is 1.88 bits per heavy atom. The smallest absolute Gasteiger partial charge is 0.165 e. The van der Waals surface area contributed by atoms with Gasteiger partial charge in [0.15, 0.2) is 11.6 Å². The molecule has 0 aliphatic heterocycles. The molecule has 0 saturated heterocycles. The number of thiophene rings is 1. The van der Waals surface area contributed by atoms with Crippen molar-refractivity contribution in [1.82, 2.24) is 0 Å². The van der Waals surface area contributed by atoms with E-state index in [-0.39, 0.29) is 11.6 Å². The SMILES string of the molecule is NCc1ccc(COc2ccccc2F)s1. The molecular weight excluding hydrogens is 225 g/mol. The molecule has 2 rings (SSSR count). The minimum Gasteiger partial charge on any atom is -0.485 e. The van der Waals surface area contributed by atoms with Gasteiger partial charge in [0.2, 0.25) is 0 Å². The van der Waals surface area contributed by atoms with Gasteiger partial charge in [0.05, 0.1) is 0 Å². The van der Waals surface area contributed by atoms with Gasteiger partial charge in [-0.15, -0.1) is 11.3 Å². The lowest BCUT2D eigenvalue weighted by atomic mass is 10.3. The molecule has 0 radical (unpaired) electrons. The normalized spacial score (nSPS) is 10.4. The first kappa shape index (κ1) is 11.1. The van der Waals surface area contributed by atoms with Gasteiger partial charge in [-0.05, 0) is 24.3 Å². The van der Waals surface area contributed by atoms with Gasteiger partial charge >= 0.3 is 0 Å². The molecule has 0 bridgehead atoms. The van der Waals surface area contributed by atoms with Crippen LogP contribution in [0.3, 0.4) is 0 Å². The first-order valence-electron chi connectivity index (χ1n) is 4.94. The predicted molar refractivity (Wildman–Crippen MR) is 62.9 cm³/mol. The van der Waals surface area contributed by atoms with E-state index < -0.39 is 0 Å². The van der Waals surface area contributed by atoms with Crippen molar-refractivity contribution in [2.45, 2.75) is 13.2 Å². The number of benzene rings is 1. The third-order valence-electron chi connectivity index (χ3n) is 2.13. The number of hydrogen-bond donors (Lipinski definition) is 1. The molecule has 0 atom stereocenters. The van der Waals surface area contributed by atoms with Crippen molar-refractivity contribution in [3.05, 3.63) is 52.0 Å². The Morgan fingerprint density at radius 1 is 1.12 bits per heavy atom. The molecule has 0 saturated carbocycles. The standard InChI is InChI=1S/C12H12FNOS/c13-11-3-1-2-4-12(11)15-8-10-6-5-9(7-14)16-10/h1-6H,7-8,14H2. The van der Waals surface area contributed by atoms with E-state index in [0.717, 1.165) is 9.75 Å². The summed E-state index contributed by atoms with van der Waals surface area (Å²) in [7, 11) is 0. The molecule has 1 heterocycles. The summed E-state index contributed by atoms with van der Waals surface area (Å²) in [5.41, 5.74) is 5.50. The third-order valence-corrected chi connectivity index (χ3v) is 3.21. The Balaban J connectivity index is 1.99. The van der Waals surface area contributed by atoms with Gasteiger partial charge < -0.3 is 10.5 Å². The average molecular weight is 237 g/mol. The number of halogens is 1. The molecule has 4 heteroatoms. The van der Waals surface area contributed by atoms with Crippen molar-refractivity contribution in [2.75, 3.05) is 0 Å². The van der Waals surface area contributed by atoms with E-state index >= 15 is 0 Å². The zero-order chi connectivity index (χ0) is 11.4. The van der Waals surface area contributed by atoms with Crippen LogP contribution in [0.5, 0.6) is 5.75 Å². The van der Waals surface area contributed by atoms with Crippen molar-refractivity contribution in [1.29, 1.82) is 0 Å². The number of nitrogens with two attached hydrogens (primary N) is 1. The Bertz CT molecular complexity index is 470. The maximum absolute atomic E-state index is 13.2. The quantitative estimate of drug-likeness (QED) is 0.887. The van der Waals surface area contributed by atoms with Crippen LogP contribution >= 0.6 is 11.3 Å². The molecule has 0 amide bonds. The zero-order valence-electron chi connectivity index (χ0n) is 8.65. The van der Waals surface area contributed by atoms with E-state index in [0.29, 0.717) is 13.2 Å². The molecule has 2 nitrogen and oxygen atoms in total. The lowest BCUT2D eigenvalue weighted by molar-refractivity contribution is 0.293. The van der Waals surface area contributed by atoms with Crippen molar-refractivity contribution < 1.29 is 9.13 Å². The van der Waals surface area contributed by atoms with Gasteiger partial charge in [-0.2, -0.15) is 0 Å². The molecule has 0 fully saturated rings. The monoisotopic (exact) mass is 237 g/mol. The summed E-state index contributed by atoms with van der Waals surface area (Å²) >= 11 is 1.59. The van der Waals surface area contributed by atoms with Crippen LogP contribution in [0, 0.1) is 5.82 Å². The average Bonchev–Trinajstić information content (AvgIpc) is 2.76. The molecule has 0 unspecified atom stereocenters. The number of hydrogen-bond acceptors (Lipinski definition) is 3. The number of rotatable bonds is 4. The van der Waals surface area contributed by atoms with Crippen LogP contribution in [-0.4, -0.2) is 0 Å². The summed E-state index contributed by atoms with van der Waals surface area (Å²) in [5, 5.41) is 0. The molecule has 2 aromatic rings. The van der Waals surface area contributed by atoms with Gasteiger partial charge in [-0.1, -0.05) is 12.1 Å². The predicted octanol–water partition coefficient (Wildman–Crippen LogP) is 2.92. The number of para-hydroxylation sites is 1. The Hall–Kier alpha value is -1.39. The zero-order valence-corrected chi connectivity index (χ0v) is 9.47. The minimum atomic E-state index is -0.335. The van der Waals surface area contributed by atoms with Crippen LogP contribution in [0.2, 0.25) is 0 Å². The summed E-state index contributed by atoms with van der Waals surface area (Å²) in [6, 6.07) is 10.3. The first-order chi connectivity index (χ1) is 7.79. The van der Waals surface area contributed by atoms with Crippen LogP contribution in [0.15, 0.2) is 36.4 Å². The van der Waals surface area contributed by atoms with E-state index in [9.17, 15) is 4.39 Å². The van der Waals surface area contributed by atoms with Crippen LogP contribution in [0.1, 0.15) is 9.75 Å². The van der Waals surface area contributed by atoms with Crippen molar-refractivity contribution >= 4 is 11.3 Å². The van der Waals surface area contributed by atoms with Gasteiger partial charge in [-0.3, -0.25) is 0 Å². The van der Waals surface area contributed by atoms with E-state index in [1.54, 1.807) is 29.5 Å². The van der Waals surface area contributed by atoms with Crippen molar-refractivity contribution in [3.8, 4) is 5.75 Å². The highest BCUT2D eigenvalue weighted by Gasteiger charge is 2.03. The molecule has 0 spiro atoms. The summed E-state index contributed by atoms with van der Waals surface area (Å²) in [5.74, 6) is -0.0525. The summed E-state index contributed by atoms with van der Waals surface area (Å²) in [6.45, 7) is 0.913. The molecule has 1 aromatic heterocycles. The highest BCUT2D eigenvalue weighted by Crippen LogP contribution is 2.20. The van der Waals surface area contributed by atoms with Crippen LogP contribution in [0.4, 0.5) is 4.39 Å². The van der Waals surface area contributed by atoms with Crippen LogP contribution in [0.25, 0.3) is 0 Å². The summed E-state index contributed by atoms with van der Waals surface area (Å²) in [6.07, 6.45) is 0. The molecule has 0 aliphatic rings. The fourth-order valence-electron chi connectivity index (χ4n) is 1.32. The molecule has 2 N–H and O–H groups in total. The lowest BCUT2D eigenvalue weighted by Gasteiger charge is -2.04. The minimum absolute atomic E-state index is 0.283. The second-order valence-electron chi connectivity index (χ2n) is 3.29. The largest absolute Gasteiger partial charge is 0.485 e. The lowest BCUT2D eigenvalue weighted by Crippen LogP contribution is -1.95. The first-order valence-corrected chi connectivity index (χ1v) is 5.76. The topological polar surface area (TPSA) is 35.2 Å². The second kappa shape index (κ2) is 5.09. The van der Waals surface area contributed by atoms with Gasteiger partial charge in [0, 0.05) is 16.3 Å². The molecule has 84 valence electrons. The molecule has 1 aromatic carbocycles. The van der Waals surface area contributed by atoms with Gasteiger partial charge in [0.1, 0.15) is 6.61 Å². The van der Waals surface area contributed by atoms with Gasteiger partial charge in [-0.25, -0.2) is 4.39 Å². The summed E-state index contributed by atoms with van der Waals surface area (Å²) in [4.78, 5) is 2.15. The van der Waals surface area contributed by atoms with E-state index in [2.05, 4.69) is 0 Å². The van der Waals surface area contributed by atoms with E-state index in [1.807, 2.05) is 12.1 Å². The maximum atomic E-state index is 13.2. The fourth-order valence-corrected chi connectivity index (χ4v) is 2.13. The highest BCUT2D eigenvalue weighted by atomic mass is 32.1.